The maximum atomic E-state index is 12.7. The van der Waals surface area contributed by atoms with Crippen LogP contribution in [0.4, 0.5) is 0 Å². The number of rotatable bonds is 10. The molecule has 0 amide bonds. The van der Waals surface area contributed by atoms with Gasteiger partial charge in [0.1, 0.15) is 0 Å². The molecule has 0 bridgehead atoms. The molecule has 0 aliphatic carbocycles. The molecule has 1 aliphatic heterocycles. The van der Waals surface area contributed by atoms with E-state index in [1.165, 1.54) is 11.4 Å². The molecule has 5 nitrogen and oxygen atoms in total. The fraction of sp³-hybridized carbons (Fsp3) is 1.00. The third-order valence-corrected chi connectivity index (χ3v) is 6.98. The molecule has 0 aromatic rings. The molecule has 1 unspecified atom stereocenters. The van der Waals surface area contributed by atoms with Crippen LogP contribution in [0.25, 0.3) is 0 Å². The van der Waals surface area contributed by atoms with Gasteiger partial charge >= 0.3 is 6.80 Å². The molecule has 1 heterocycles. The standard InChI is InChI=1S/C14H30NO4PS/c1-13(2)5-9-18-20(16,19-14(3)4)21-12-8-15-6-10-17-11-7-15/h13-14H,5-12H2,1-4H3. The Morgan fingerprint density at radius 2 is 1.90 bits per heavy atom. The van der Waals surface area contributed by atoms with Gasteiger partial charge in [-0.25, -0.2) is 4.57 Å². The van der Waals surface area contributed by atoms with Crippen molar-refractivity contribution in [3.63, 3.8) is 0 Å². The van der Waals surface area contributed by atoms with Gasteiger partial charge in [-0.15, -0.1) is 0 Å². The van der Waals surface area contributed by atoms with Crippen LogP contribution in [-0.4, -0.2) is 56.2 Å². The van der Waals surface area contributed by atoms with Gasteiger partial charge in [0.2, 0.25) is 0 Å². The zero-order valence-electron chi connectivity index (χ0n) is 13.7. The summed E-state index contributed by atoms with van der Waals surface area (Å²) in [4.78, 5) is 2.32. The number of morpholine rings is 1. The minimum atomic E-state index is -3.04. The highest BCUT2D eigenvalue weighted by molar-refractivity contribution is 8.55. The molecule has 0 radical (unpaired) electrons. The maximum Gasteiger partial charge on any atom is 0.389 e. The second kappa shape index (κ2) is 10.2. The predicted octanol–water partition coefficient (Wildman–Crippen LogP) is 3.65. The molecular weight excluding hydrogens is 309 g/mol. The Labute approximate surface area is 133 Å². The SMILES string of the molecule is CC(C)CCOP(=O)(OC(C)C)SCCN1CCOCC1. The summed E-state index contributed by atoms with van der Waals surface area (Å²) in [6.45, 7) is 9.86. The highest BCUT2D eigenvalue weighted by Gasteiger charge is 2.27. The molecule has 0 aromatic heterocycles. The van der Waals surface area contributed by atoms with E-state index < -0.39 is 6.80 Å². The van der Waals surface area contributed by atoms with Gasteiger partial charge in [-0.1, -0.05) is 13.8 Å². The van der Waals surface area contributed by atoms with Crippen molar-refractivity contribution in [2.24, 2.45) is 5.92 Å². The van der Waals surface area contributed by atoms with Crippen LogP contribution in [0.3, 0.4) is 0 Å². The minimum absolute atomic E-state index is 0.0919. The van der Waals surface area contributed by atoms with Crippen molar-refractivity contribution >= 4 is 18.2 Å². The van der Waals surface area contributed by atoms with Crippen LogP contribution in [0.2, 0.25) is 0 Å². The van der Waals surface area contributed by atoms with Crippen LogP contribution in [0.5, 0.6) is 0 Å². The van der Waals surface area contributed by atoms with E-state index in [1.807, 2.05) is 13.8 Å². The van der Waals surface area contributed by atoms with Gasteiger partial charge in [0, 0.05) is 25.4 Å². The van der Waals surface area contributed by atoms with E-state index >= 15 is 0 Å². The van der Waals surface area contributed by atoms with Gasteiger partial charge in [-0.3, -0.25) is 9.42 Å². The van der Waals surface area contributed by atoms with E-state index in [9.17, 15) is 4.57 Å². The van der Waals surface area contributed by atoms with Crippen LogP contribution in [0, 0.1) is 5.92 Å². The lowest BCUT2D eigenvalue weighted by Gasteiger charge is -2.27. The van der Waals surface area contributed by atoms with E-state index in [4.69, 9.17) is 13.8 Å². The Balaban J connectivity index is 2.35. The summed E-state index contributed by atoms with van der Waals surface area (Å²) in [5.41, 5.74) is 0. The van der Waals surface area contributed by atoms with Crippen LogP contribution in [0.1, 0.15) is 34.1 Å². The number of hydrogen-bond donors (Lipinski definition) is 0. The second-order valence-electron chi connectivity index (χ2n) is 5.90. The maximum absolute atomic E-state index is 12.7. The Morgan fingerprint density at radius 1 is 1.24 bits per heavy atom. The molecule has 1 saturated heterocycles. The average molecular weight is 339 g/mol. The zero-order valence-corrected chi connectivity index (χ0v) is 15.5. The summed E-state index contributed by atoms with van der Waals surface area (Å²) >= 11 is 1.33. The molecule has 0 aromatic carbocycles. The lowest BCUT2D eigenvalue weighted by atomic mass is 10.2. The van der Waals surface area contributed by atoms with Crippen molar-refractivity contribution in [3.8, 4) is 0 Å². The molecule has 21 heavy (non-hydrogen) atoms. The quantitative estimate of drug-likeness (QED) is 0.566. The van der Waals surface area contributed by atoms with E-state index in [0.717, 1.165) is 45.0 Å². The molecule has 1 aliphatic rings. The molecule has 0 spiro atoms. The fourth-order valence-corrected chi connectivity index (χ4v) is 5.53. The van der Waals surface area contributed by atoms with E-state index in [1.54, 1.807) is 0 Å². The van der Waals surface area contributed by atoms with Crippen molar-refractivity contribution in [1.82, 2.24) is 4.90 Å². The molecule has 1 rings (SSSR count). The second-order valence-corrected chi connectivity index (χ2v) is 10.1. The van der Waals surface area contributed by atoms with Gasteiger partial charge in [0.25, 0.3) is 0 Å². The highest BCUT2D eigenvalue weighted by Crippen LogP contribution is 2.61. The summed E-state index contributed by atoms with van der Waals surface area (Å²) in [5.74, 6) is 1.29. The Bertz CT molecular complexity index is 322. The fourth-order valence-electron chi connectivity index (χ4n) is 1.86. The third kappa shape index (κ3) is 9.22. The molecular formula is C14H30NO4PS. The van der Waals surface area contributed by atoms with Crippen molar-refractivity contribution in [3.05, 3.63) is 0 Å². The van der Waals surface area contributed by atoms with Gasteiger partial charge in [0.05, 0.1) is 25.9 Å². The Morgan fingerprint density at radius 3 is 2.48 bits per heavy atom. The van der Waals surface area contributed by atoms with Gasteiger partial charge in [0.15, 0.2) is 0 Å². The summed E-state index contributed by atoms with van der Waals surface area (Å²) in [6, 6.07) is 0. The monoisotopic (exact) mass is 339 g/mol. The first kappa shape index (κ1) is 19.5. The summed E-state index contributed by atoms with van der Waals surface area (Å²) in [5, 5.41) is 0. The smallest absolute Gasteiger partial charge is 0.379 e. The first-order chi connectivity index (χ1) is 9.91. The van der Waals surface area contributed by atoms with Crippen LogP contribution in [-0.2, 0) is 18.3 Å². The normalized spacial score (nSPS) is 20.1. The third-order valence-electron chi connectivity index (χ3n) is 3.05. The highest BCUT2D eigenvalue weighted by atomic mass is 32.7. The predicted molar refractivity (Wildman–Crippen MR) is 89.0 cm³/mol. The number of hydrogen-bond acceptors (Lipinski definition) is 6. The minimum Gasteiger partial charge on any atom is -0.379 e. The lowest BCUT2D eigenvalue weighted by molar-refractivity contribution is 0.0410. The van der Waals surface area contributed by atoms with E-state index in [2.05, 4.69) is 18.7 Å². The molecule has 7 heteroatoms. The van der Waals surface area contributed by atoms with Crippen molar-refractivity contribution in [2.45, 2.75) is 40.2 Å². The summed E-state index contributed by atoms with van der Waals surface area (Å²) < 4.78 is 29.2. The number of nitrogens with zero attached hydrogens (tertiary/aromatic N) is 1. The molecule has 0 saturated carbocycles. The topological polar surface area (TPSA) is 48.0 Å². The van der Waals surface area contributed by atoms with Crippen LogP contribution in [0.15, 0.2) is 0 Å². The molecule has 1 atom stereocenters. The van der Waals surface area contributed by atoms with E-state index in [-0.39, 0.29) is 6.10 Å². The van der Waals surface area contributed by atoms with Crippen molar-refractivity contribution < 1.29 is 18.3 Å². The lowest BCUT2D eigenvalue weighted by Crippen LogP contribution is -2.37. The van der Waals surface area contributed by atoms with Gasteiger partial charge in [-0.05, 0) is 37.6 Å². The molecule has 1 fully saturated rings. The largest absolute Gasteiger partial charge is 0.389 e. The number of ether oxygens (including phenoxy) is 1. The zero-order chi connectivity index (χ0) is 15.7. The summed E-state index contributed by atoms with van der Waals surface area (Å²) in [7, 11) is 0. The Hall–Kier alpha value is 0.420. The van der Waals surface area contributed by atoms with Crippen LogP contribution < -0.4 is 0 Å². The first-order valence-electron chi connectivity index (χ1n) is 7.79. The van der Waals surface area contributed by atoms with Gasteiger partial charge in [-0.2, -0.15) is 0 Å². The van der Waals surface area contributed by atoms with Gasteiger partial charge < -0.3 is 9.26 Å². The molecule has 126 valence electrons. The molecule has 0 N–H and O–H groups in total. The Kier molecular flexibility index (Phi) is 9.49. The first-order valence-corrected chi connectivity index (χ1v) is 10.9. The van der Waals surface area contributed by atoms with Crippen molar-refractivity contribution in [1.29, 1.82) is 0 Å². The summed E-state index contributed by atoms with van der Waals surface area (Å²) in [6.07, 6.45) is 0.806. The van der Waals surface area contributed by atoms with E-state index in [0.29, 0.717) is 12.5 Å². The average Bonchev–Trinajstić information content (AvgIpc) is 2.38. The van der Waals surface area contributed by atoms with Crippen LogP contribution >= 0.6 is 18.2 Å². The van der Waals surface area contributed by atoms with Crippen molar-refractivity contribution in [2.75, 3.05) is 45.2 Å².